The van der Waals surface area contributed by atoms with Gasteiger partial charge in [-0.25, -0.2) is 0 Å². The molecule has 0 amide bonds. The van der Waals surface area contributed by atoms with E-state index in [9.17, 15) is 4.79 Å². The van der Waals surface area contributed by atoms with Crippen LogP contribution in [0.3, 0.4) is 0 Å². The Kier molecular flexibility index (Phi) is 16.9. The van der Waals surface area contributed by atoms with Crippen molar-refractivity contribution in [1.82, 2.24) is 0 Å². The van der Waals surface area contributed by atoms with Crippen LogP contribution in [0.4, 0.5) is 0 Å². The molecule has 0 aliphatic carbocycles. The Morgan fingerprint density at radius 2 is 1.16 bits per heavy atom. The summed E-state index contributed by atoms with van der Waals surface area (Å²) in [6, 6.07) is 0. The minimum Gasteiger partial charge on any atom is -0.291 e. The molecule has 0 saturated heterocycles. The molecule has 1 heteroatoms. The second-order valence-electron chi connectivity index (χ2n) is 5.48. The average Bonchev–Trinajstić information content (AvgIpc) is 2.43. The SMILES string of the molecule is CCCCC/C=C/CCCCCCCCCC[C]=O. The van der Waals surface area contributed by atoms with E-state index in [0.717, 1.165) is 6.42 Å². The minimum absolute atomic E-state index is 0.630. The molecule has 0 atom stereocenters. The second-order valence-corrected chi connectivity index (χ2v) is 5.48. The molecular formula is C18H33O. The lowest BCUT2D eigenvalue weighted by molar-refractivity contribution is 0.538. The van der Waals surface area contributed by atoms with Crippen molar-refractivity contribution in [2.75, 3.05) is 0 Å². The fourth-order valence-electron chi connectivity index (χ4n) is 2.27. The van der Waals surface area contributed by atoms with Gasteiger partial charge in [-0.15, -0.1) is 0 Å². The highest BCUT2D eigenvalue weighted by atomic mass is 16.1. The molecule has 0 aliphatic heterocycles. The van der Waals surface area contributed by atoms with E-state index in [1.165, 1.54) is 77.0 Å². The fraction of sp³-hybridized carbons (Fsp3) is 0.833. The third-order valence-electron chi connectivity index (χ3n) is 3.54. The summed E-state index contributed by atoms with van der Waals surface area (Å²) in [6.07, 6.45) is 24.2. The molecule has 1 radical (unpaired) electrons. The molecule has 1 nitrogen and oxygen atoms in total. The number of hydrogen-bond donors (Lipinski definition) is 0. The van der Waals surface area contributed by atoms with Gasteiger partial charge in [0, 0.05) is 6.42 Å². The summed E-state index contributed by atoms with van der Waals surface area (Å²) < 4.78 is 0. The first-order valence-corrected chi connectivity index (χ1v) is 8.41. The van der Waals surface area contributed by atoms with Crippen molar-refractivity contribution in [1.29, 1.82) is 0 Å². The quantitative estimate of drug-likeness (QED) is 0.257. The molecule has 0 rings (SSSR count). The van der Waals surface area contributed by atoms with Crippen molar-refractivity contribution < 1.29 is 4.79 Å². The van der Waals surface area contributed by atoms with Gasteiger partial charge < -0.3 is 0 Å². The van der Waals surface area contributed by atoms with Crippen LogP contribution in [0.2, 0.25) is 0 Å². The predicted octanol–water partition coefficient (Wildman–Crippen LogP) is 6.13. The predicted molar refractivity (Wildman–Crippen MR) is 85.1 cm³/mol. The van der Waals surface area contributed by atoms with Crippen LogP contribution in [0, 0.1) is 0 Å². The summed E-state index contributed by atoms with van der Waals surface area (Å²) in [5.74, 6) is 0. The van der Waals surface area contributed by atoms with E-state index in [-0.39, 0.29) is 0 Å². The highest BCUT2D eigenvalue weighted by molar-refractivity contribution is 5.50. The molecule has 19 heavy (non-hydrogen) atoms. The molecule has 0 aromatic heterocycles. The maximum Gasteiger partial charge on any atom is 0.198 e. The highest BCUT2D eigenvalue weighted by Crippen LogP contribution is 2.10. The van der Waals surface area contributed by atoms with E-state index in [2.05, 4.69) is 19.1 Å². The molecule has 0 aromatic rings. The van der Waals surface area contributed by atoms with Crippen LogP contribution < -0.4 is 0 Å². The minimum atomic E-state index is 0.630. The van der Waals surface area contributed by atoms with Crippen LogP contribution in [0.25, 0.3) is 0 Å². The molecule has 0 aromatic carbocycles. The number of unbranched alkanes of at least 4 members (excludes halogenated alkanes) is 12. The summed E-state index contributed by atoms with van der Waals surface area (Å²) in [5, 5.41) is 0. The Morgan fingerprint density at radius 1 is 0.684 bits per heavy atom. The highest BCUT2D eigenvalue weighted by Gasteiger charge is 1.92. The number of hydrogen-bond acceptors (Lipinski definition) is 1. The number of rotatable bonds is 15. The monoisotopic (exact) mass is 265 g/mol. The van der Waals surface area contributed by atoms with Crippen molar-refractivity contribution in [2.24, 2.45) is 0 Å². The van der Waals surface area contributed by atoms with Crippen LogP contribution in [-0.2, 0) is 4.79 Å². The summed E-state index contributed by atoms with van der Waals surface area (Å²) in [5.41, 5.74) is 0. The molecule has 0 fully saturated rings. The van der Waals surface area contributed by atoms with Gasteiger partial charge in [0.15, 0.2) is 6.29 Å². The molecule has 0 saturated carbocycles. The zero-order valence-corrected chi connectivity index (χ0v) is 13.0. The average molecular weight is 265 g/mol. The van der Waals surface area contributed by atoms with Gasteiger partial charge in [-0.3, -0.25) is 4.79 Å². The topological polar surface area (TPSA) is 17.1 Å². The summed E-state index contributed by atoms with van der Waals surface area (Å²) in [4.78, 5) is 10.0. The third-order valence-corrected chi connectivity index (χ3v) is 3.54. The largest absolute Gasteiger partial charge is 0.291 e. The fourth-order valence-corrected chi connectivity index (χ4v) is 2.27. The Bertz CT molecular complexity index is 196. The maximum atomic E-state index is 10.0. The lowest BCUT2D eigenvalue weighted by Gasteiger charge is -2.00. The van der Waals surface area contributed by atoms with E-state index in [0.29, 0.717) is 6.42 Å². The normalized spacial score (nSPS) is 11.2. The maximum absolute atomic E-state index is 10.0. The van der Waals surface area contributed by atoms with Gasteiger partial charge in [-0.1, -0.05) is 70.4 Å². The second kappa shape index (κ2) is 17.4. The molecule has 0 N–H and O–H groups in total. The summed E-state index contributed by atoms with van der Waals surface area (Å²) in [6.45, 7) is 2.25. The van der Waals surface area contributed by atoms with Crippen molar-refractivity contribution in [3.63, 3.8) is 0 Å². The van der Waals surface area contributed by atoms with Crippen molar-refractivity contribution in [2.45, 2.75) is 96.8 Å². The smallest absolute Gasteiger partial charge is 0.198 e. The first kappa shape index (κ1) is 18.4. The summed E-state index contributed by atoms with van der Waals surface area (Å²) >= 11 is 0. The van der Waals surface area contributed by atoms with Crippen molar-refractivity contribution >= 4 is 6.29 Å². The van der Waals surface area contributed by atoms with E-state index in [4.69, 9.17) is 0 Å². The molecule has 0 aliphatic rings. The molecule has 111 valence electrons. The number of allylic oxidation sites excluding steroid dienone is 2. The van der Waals surface area contributed by atoms with Gasteiger partial charge in [0.2, 0.25) is 0 Å². The van der Waals surface area contributed by atoms with Gasteiger partial charge in [0.1, 0.15) is 0 Å². The third kappa shape index (κ3) is 17.4. The van der Waals surface area contributed by atoms with Crippen LogP contribution in [0.1, 0.15) is 96.8 Å². The summed E-state index contributed by atoms with van der Waals surface area (Å²) in [7, 11) is 0. The van der Waals surface area contributed by atoms with Gasteiger partial charge in [-0.05, 0) is 32.1 Å². The van der Waals surface area contributed by atoms with Crippen LogP contribution in [-0.4, -0.2) is 6.29 Å². The number of carbonyl (C=O) groups excluding carboxylic acids is 1. The van der Waals surface area contributed by atoms with Gasteiger partial charge in [0.25, 0.3) is 0 Å². The Labute approximate surface area is 120 Å². The van der Waals surface area contributed by atoms with E-state index in [1.54, 1.807) is 0 Å². The van der Waals surface area contributed by atoms with Crippen molar-refractivity contribution in [3.05, 3.63) is 12.2 Å². The van der Waals surface area contributed by atoms with E-state index in [1.807, 2.05) is 6.29 Å². The first-order chi connectivity index (χ1) is 9.41. The lowest BCUT2D eigenvalue weighted by atomic mass is 10.1. The standard InChI is InChI=1S/C18H33O/c1-2-3-4-5-6-7-8-9-10-11-12-13-14-15-16-17-18-19/h6-7H,2-5,8-17H2,1H3/b7-6+. The zero-order chi connectivity index (χ0) is 14.0. The van der Waals surface area contributed by atoms with Gasteiger partial charge in [0.05, 0.1) is 0 Å². The van der Waals surface area contributed by atoms with E-state index < -0.39 is 0 Å². The van der Waals surface area contributed by atoms with Crippen LogP contribution in [0.5, 0.6) is 0 Å². The molecule has 0 heterocycles. The molecule has 0 bridgehead atoms. The molecular weight excluding hydrogens is 232 g/mol. The van der Waals surface area contributed by atoms with Gasteiger partial charge >= 0.3 is 0 Å². The van der Waals surface area contributed by atoms with Crippen LogP contribution in [0.15, 0.2) is 12.2 Å². The van der Waals surface area contributed by atoms with E-state index >= 15 is 0 Å². The van der Waals surface area contributed by atoms with Crippen LogP contribution >= 0.6 is 0 Å². The Morgan fingerprint density at radius 3 is 1.68 bits per heavy atom. The molecule has 0 spiro atoms. The first-order valence-electron chi connectivity index (χ1n) is 8.41. The Hall–Kier alpha value is -0.590. The Balaban J connectivity index is 3.00. The zero-order valence-electron chi connectivity index (χ0n) is 13.0. The van der Waals surface area contributed by atoms with Crippen molar-refractivity contribution in [3.8, 4) is 0 Å². The lowest BCUT2D eigenvalue weighted by Crippen LogP contribution is -1.82. The van der Waals surface area contributed by atoms with Gasteiger partial charge in [-0.2, -0.15) is 0 Å². The molecule has 0 unspecified atom stereocenters.